The molecule has 1 atom stereocenters. The molecule has 0 bridgehead atoms. The highest BCUT2D eigenvalue weighted by Gasteiger charge is 2.28. The number of nitrogens with one attached hydrogen (secondary N) is 1. The molecule has 1 saturated carbocycles. The lowest BCUT2D eigenvalue weighted by Gasteiger charge is -2.30. The van der Waals surface area contributed by atoms with Gasteiger partial charge in [0.1, 0.15) is 12.4 Å². The quantitative estimate of drug-likeness (QED) is 0.862. The number of hydrogen-bond donors (Lipinski definition) is 2. The summed E-state index contributed by atoms with van der Waals surface area (Å²) in [4.78, 5) is 14.1. The first-order valence-electron chi connectivity index (χ1n) is 7.33. The van der Waals surface area contributed by atoms with Gasteiger partial charge in [0.15, 0.2) is 0 Å². The van der Waals surface area contributed by atoms with E-state index in [1.807, 2.05) is 17.0 Å². The van der Waals surface area contributed by atoms with E-state index in [-0.39, 0.29) is 11.9 Å². The Kier molecular flexibility index (Phi) is 4.22. The zero-order chi connectivity index (χ0) is 14.8. The summed E-state index contributed by atoms with van der Waals surface area (Å²) in [5.74, 6) is 1.35. The number of ether oxygens (including phenoxy) is 1. The SMILES string of the molecule is NC(CNC(=O)CN1CCOc2ccc(Cl)cc21)C1CC1. The normalized spacial score (nSPS) is 18.7. The molecule has 3 rings (SSSR count). The van der Waals surface area contributed by atoms with Gasteiger partial charge in [-0.1, -0.05) is 11.6 Å². The zero-order valence-electron chi connectivity index (χ0n) is 11.8. The Morgan fingerprint density at radius 1 is 1.52 bits per heavy atom. The van der Waals surface area contributed by atoms with Crippen molar-refractivity contribution in [1.29, 1.82) is 0 Å². The number of amides is 1. The van der Waals surface area contributed by atoms with E-state index in [0.29, 0.717) is 37.2 Å². The largest absolute Gasteiger partial charge is 0.490 e. The van der Waals surface area contributed by atoms with Crippen molar-refractivity contribution >= 4 is 23.2 Å². The van der Waals surface area contributed by atoms with Crippen LogP contribution in [0.15, 0.2) is 18.2 Å². The van der Waals surface area contributed by atoms with Gasteiger partial charge in [-0.25, -0.2) is 0 Å². The standard InChI is InChI=1S/C15H20ClN3O2/c16-11-3-4-14-13(7-11)19(5-6-21-14)9-15(20)18-8-12(17)10-1-2-10/h3-4,7,10,12H,1-2,5-6,8-9,17H2,(H,18,20). The minimum absolute atomic E-state index is 0.0149. The van der Waals surface area contributed by atoms with Crippen molar-refractivity contribution in [3.8, 4) is 5.75 Å². The molecule has 21 heavy (non-hydrogen) atoms. The molecule has 1 aromatic rings. The third-order valence-corrected chi connectivity index (χ3v) is 4.21. The van der Waals surface area contributed by atoms with Crippen LogP contribution >= 0.6 is 11.6 Å². The van der Waals surface area contributed by atoms with E-state index >= 15 is 0 Å². The van der Waals surface area contributed by atoms with Gasteiger partial charge in [0, 0.05) is 17.6 Å². The van der Waals surface area contributed by atoms with Crippen LogP contribution in [0.3, 0.4) is 0 Å². The highest BCUT2D eigenvalue weighted by atomic mass is 35.5. The van der Waals surface area contributed by atoms with Crippen molar-refractivity contribution in [2.45, 2.75) is 18.9 Å². The summed E-state index contributed by atoms with van der Waals surface area (Å²) < 4.78 is 5.58. The molecule has 1 aliphatic carbocycles. The molecular formula is C15H20ClN3O2. The fourth-order valence-electron chi connectivity index (χ4n) is 2.56. The predicted molar refractivity (Wildman–Crippen MR) is 82.9 cm³/mol. The van der Waals surface area contributed by atoms with Crippen molar-refractivity contribution in [1.82, 2.24) is 5.32 Å². The Labute approximate surface area is 129 Å². The Bertz CT molecular complexity index is 534. The number of benzene rings is 1. The Balaban J connectivity index is 1.57. The maximum Gasteiger partial charge on any atom is 0.239 e. The monoisotopic (exact) mass is 309 g/mol. The van der Waals surface area contributed by atoms with Gasteiger partial charge in [0.25, 0.3) is 0 Å². The van der Waals surface area contributed by atoms with Crippen molar-refractivity contribution in [3.63, 3.8) is 0 Å². The molecule has 3 N–H and O–H groups in total. The molecule has 1 unspecified atom stereocenters. The molecule has 0 saturated heterocycles. The van der Waals surface area contributed by atoms with Gasteiger partial charge in [0.05, 0.1) is 18.8 Å². The lowest BCUT2D eigenvalue weighted by atomic mass is 10.2. The molecule has 1 aliphatic heterocycles. The molecule has 1 heterocycles. The molecule has 1 aromatic carbocycles. The third-order valence-electron chi connectivity index (χ3n) is 3.98. The van der Waals surface area contributed by atoms with E-state index in [1.54, 1.807) is 6.07 Å². The van der Waals surface area contributed by atoms with Crippen molar-refractivity contribution < 1.29 is 9.53 Å². The molecule has 0 spiro atoms. The summed E-state index contributed by atoms with van der Waals surface area (Å²) in [7, 11) is 0. The topological polar surface area (TPSA) is 67.6 Å². The van der Waals surface area contributed by atoms with E-state index in [1.165, 1.54) is 12.8 Å². The minimum Gasteiger partial charge on any atom is -0.490 e. The van der Waals surface area contributed by atoms with Crippen LogP contribution in [0.5, 0.6) is 5.75 Å². The van der Waals surface area contributed by atoms with Gasteiger partial charge >= 0.3 is 0 Å². The molecule has 0 aromatic heterocycles. The summed E-state index contributed by atoms with van der Waals surface area (Å²) >= 11 is 6.02. The number of fused-ring (bicyclic) bond motifs is 1. The number of nitrogens with zero attached hydrogens (tertiary/aromatic N) is 1. The molecule has 1 amide bonds. The first-order valence-corrected chi connectivity index (χ1v) is 7.71. The first-order chi connectivity index (χ1) is 10.1. The second kappa shape index (κ2) is 6.12. The fraction of sp³-hybridized carbons (Fsp3) is 0.533. The molecule has 2 aliphatic rings. The Hall–Kier alpha value is -1.46. The number of carbonyl (C=O) groups is 1. The maximum absolute atomic E-state index is 12.1. The van der Waals surface area contributed by atoms with E-state index < -0.39 is 0 Å². The third kappa shape index (κ3) is 3.60. The second-order valence-electron chi connectivity index (χ2n) is 5.69. The summed E-state index contributed by atoms with van der Waals surface area (Å²) in [5, 5.41) is 3.56. The van der Waals surface area contributed by atoms with Crippen LogP contribution < -0.4 is 20.7 Å². The fourth-order valence-corrected chi connectivity index (χ4v) is 2.73. The summed E-state index contributed by atoms with van der Waals surface area (Å²) in [6, 6.07) is 5.54. The van der Waals surface area contributed by atoms with E-state index in [0.717, 1.165) is 11.4 Å². The van der Waals surface area contributed by atoms with Crippen LogP contribution in [0.4, 0.5) is 5.69 Å². The van der Waals surface area contributed by atoms with Gasteiger partial charge in [-0.15, -0.1) is 0 Å². The molecular weight excluding hydrogens is 290 g/mol. The first kappa shape index (κ1) is 14.5. The zero-order valence-corrected chi connectivity index (χ0v) is 12.6. The summed E-state index contributed by atoms with van der Waals surface area (Å²) in [5.41, 5.74) is 6.86. The number of anilines is 1. The van der Waals surface area contributed by atoms with Gasteiger partial charge in [0.2, 0.25) is 5.91 Å². The van der Waals surface area contributed by atoms with Crippen LogP contribution in [0.25, 0.3) is 0 Å². The van der Waals surface area contributed by atoms with Crippen molar-refractivity contribution in [3.05, 3.63) is 23.2 Å². The van der Waals surface area contributed by atoms with Crippen LogP contribution in [0.1, 0.15) is 12.8 Å². The van der Waals surface area contributed by atoms with Crippen molar-refractivity contribution in [2.24, 2.45) is 11.7 Å². The van der Waals surface area contributed by atoms with Crippen LogP contribution in [0.2, 0.25) is 5.02 Å². The minimum atomic E-state index is -0.0149. The number of nitrogens with two attached hydrogens (primary N) is 1. The Morgan fingerprint density at radius 3 is 3.10 bits per heavy atom. The number of carbonyl (C=O) groups excluding carboxylic acids is 1. The predicted octanol–water partition coefficient (Wildman–Crippen LogP) is 1.39. The summed E-state index contributed by atoms with van der Waals surface area (Å²) in [6.07, 6.45) is 2.37. The number of hydrogen-bond acceptors (Lipinski definition) is 4. The Morgan fingerprint density at radius 2 is 2.33 bits per heavy atom. The van der Waals surface area contributed by atoms with Crippen LogP contribution in [-0.4, -0.2) is 38.2 Å². The highest BCUT2D eigenvalue weighted by molar-refractivity contribution is 6.31. The van der Waals surface area contributed by atoms with E-state index in [2.05, 4.69) is 5.32 Å². The van der Waals surface area contributed by atoms with Crippen molar-refractivity contribution in [2.75, 3.05) is 31.1 Å². The average Bonchev–Trinajstić information content (AvgIpc) is 3.30. The van der Waals surface area contributed by atoms with Crippen LogP contribution in [-0.2, 0) is 4.79 Å². The van der Waals surface area contributed by atoms with Gasteiger partial charge in [-0.2, -0.15) is 0 Å². The maximum atomic E-state index is 12.1. The van der Waals surface area contributed by atoms with Gasteiger partial charge in [-0.05, 0) is 37.0 Å². The van der Waals surface area contributed by atoms with Gasteiger partial charge in [-0.3, -0.25) is 4.79 Å². The lowest BCUT2D eigenvalue weighted by molar-refractivity contribution is -0.119. The molecule has 0 radical (unpaired) electrons. The van der Waals surface area contributed by atoms with E-state index in [4.69, 9.17) is 22.1 Å². The molecule has 5 nitrogen and oxygen atoms in total. The summed E-state index contributed by atoms with van der Waals surface area (Å²) in [6.45, 7) is 2.10. The molecule has 6 heteroatoms. The number of rotatable bonds is 5. The molecule has 114 valence electrons. The van der Waals surface area contributed by atoms with E-state index in [9.17, 15) is 4.79 Å². The number of halogens is 1. The lowest BCUT2D eigenvalue weighted by Crippen LogP contribution is -2.45. The van der Waals surface area contributed by atoms with Crippen LogP contribution in [0, 0.1) is 5.92 Å². The van der Waals surface area contributed by atoms with Gasteiger partial charge < -0.3 is 20.7 Å². The second-order valence-corrected chi connectivity index (χ2v) is 6.12. The highest BCUT2D eigenvalue weighted by Crippen LogP contribution is 2.34. The average molecular weight is 310 g/mol. The molecule has 1 fully saturated rings. The smallest absolute Gasteiger partial charge is 0.239 e.